The van der Waals surface area contributed by atoms with E-state index >= 15 is 0 Å². The minimum atomic E-state index is -0.126. The fourth-order valence-corrected chi connectivity index (χ4v) is 2.55. The fraction of sp³-hybridized carbons (Fsp3) is 0.889. The van der Waals surface area contributed by atoms with Crippen LogP contribution in [0, 0.1) is 0 Å². The molecule has 20 heavy (non-hydrogen) atoms. The van der Waals surface area contributed by atoms with Crippen molar-refractivity contribution >= 4 is 11.6 Å². The summed E-state index contributed by atoms with van der Waals surface area (Å²) in [5, 5.41) is 9.81. The summed E-state index contributed by atoms with van der Waals surface area (Å²) in [6, 6.07) is 0. The van der Waals surface area contributed by atoms with E-state index in [2.05, 4.69) is 19.1 Å². The third-order valence-electron chi connectivity index (χ3n) is 3.72. The maximum Gasteiger partial charge on any atom is 0.0574 e. The van der Waals surface area contributed by atoms with Gasteiger partial charge in [-0.25, -0.2) is 0 Å². The second-order valence-electron chi connectivity index (χ2n) is 5.81. The lowest BCUT2D eigenvalue weighted by atomic mass is 10.1. The van der Waals surface area contributed by atoms with E-state index in [0.717, 1.165) is 31.6 Å². The van der Waals surface area contributed by atoms with Gasteiger partial charge in [-0.05, 0) is 32.1 Å². The highest BCUT2D eigenvalue weighted by Gasteiger charge is 2.00. The van der Waals surface area contributed by atoms with Crippen LogP contribution in [0.5, 0.6) is 0 Å². The summed E-state index contributed by atoms with van der Waals surface area (Å²) < 4.78 is 0. The maximum atomic E-state index is 9.81. The van der Waals surface area contributed by atoms with Gasteiger partial charge in [-0.3, -0.25) is 0 Å². The molecular formula is C18H35ClO. The molecule has 0 aliphatic rings. The first-order valence-electron chi connectivity index (χ1n) is 8.70. The number of alkyl halides is 1. The van der Waals surface area contributed by atoms with E-state index in [-0.39, 0.29) is 6.10 Å². The van der Waals surface area contributed by atoms with E-state index in [9.17, 15) is 5.11 Å². The number of aliphatic hydroxyl groups is 1. The van der Waals surface area contributed by atoms with Gasteiger partial charge in [0.05, 0.1) is 6.10 Å². The normalized spacial score (nSPS) is 13.2. The van der Waals surface area contributed by atoms with E-state index in [1.807, 2.05) is 0 Å². The molecule has 0 amide bonds. The first-order valence-corrected chi connectivity index (χ1v) is 9.23. The van der Waals surface area contributed by atoms with Gasteiger partial charge in [0.1, 0.15) is 0 Å². The van der Waals surface area contributed by atoms with Crippen molar-refractivity contribution in [2.24, 2.45) is 0 Å². The van der Waals surface area contributed by atoms with Crippen molar-refractivity contribution in [2.45, 2.75) is 96.5 Å². The SMILES string of the molecule is CCCCCC[C@@H](O)C/C=C\CCCCCCCCCl. The molecule has 0 saturated carbocycles. The maximum absolute atomic E-state index is 9.81. The zero-order valence-corrected chi connectivity index (χ0v) is 14.2. The summed E-state index contributed by atoms with van der Waals surface area (Å²) in [6.07, 6.45) is 20.0. The molecule has 0 aliphatic heterocycles. The first-order chi connectivity index (χ1) is 9.81. The average Bonchev–Trinajstić information content (AvgIpc) is 2.45. The highest BCUT2D eigenvalue weighted by atomic mass is 35.5. The molecule has 1 N–H and O–H groups in total. The standard InChI is InChI=1S/C18H35ClO/c1-2-3-4-12-15-18(20)16-13-10-8-6-5-7-9-11-14-17-19/h10,13,18,20H,2-9,11-12,14-17H2,1H3/b13-10-/t18-/m1/s1. The Morgan fingerprint density at radius 1 is 0.850 bits per heavy atom. The van der Waals surface area contributed by atoms with E-state index in [0.29, 0.717) is 0 Å². The molecule has 0 heterocycles. The van der Waals surface area contributed by atoms with Crippen molar-refractivity contribution < 1.29 is 5.11 Å². The molecule has 0 aromatic heterocycles. The fourth-order valence-electron chi connectivity index (χ4n) is 2.36. The molecule has 0 radical (unpaired) electrons. The van der Waals surface area contributed by atoms with Crippen molar-refractivity contribution in [3.63, 3.8) is 0 Å². The van der Waals surface area contributed by atoms with Gasteiger partial charge in [0.15, 0.2) is 0 Å². The lowest BCUT2D eigenvalue weighted by Crippen LogP contribution is -2.04. The molecule has 2 heteroatoms. The van der Waals surface area contributed by atoms with E-state index in [1.165, 1.54) is 57.8 Å². The Morgan fingerprint density at radius 2 is 1.50 bits per heavy atom. The number of halogens is 1. The van der Waals surface area contributed by atoms with Gasteiger partial charge >= 0.3 is 0 Å². The summed E-state index contributed by atoms with van der Waals surface area (Å²) in [7, 11) is 0. The Labute approximate surface area is 131 Å². The Hall–Kier alpha value is -0.0100. The molecule has 0 spiro atoms. The van der Waals surface area contributed by atoms with Crippen LogP contribution < -0.4 is 0 Å². The highest BCUT2D eigenvalue weighted by molar-refractivity contribution is 6.17. The Balaban J connectivity index is 3.21. The molecule has 0 aliphatic carbocycles. The zero-order valence-electron chi connectivity index (χ0n) is 13.5. The highest BCUT2D eigenvalue weighted by Crippen LogP contribution is 2.10. The average molecular weight is 303 g/mol. The van der Waals surface area contributed by atoms with Crippen LogP contribution in [-0.4, -0.2) is 17.1 Å². The van der Waals surface area contributed by atoms with Crippen LogP contribution in [0.4, 0.5) is 0 Å². The smallest absolute Gasteiger partial charge is 0.0574 e. The number of allylic oxidation sites excluding steroid dienone is 1. The molecule has 0 aromatic rings. The van der Waals surface area contributed by atoms with Crippen LogP contribution in [-0.2, 0) is 0 Å². The van der Waals surface area contributed by atoms with Crippen LogP contribution in [0.1, 0.15) is 90.4 Å². The first kappa shape index (κ1) is 20.0. The molecule has 0 aromatic carbocycles. The van der Waals surface area contributed by atoms with Crippen molar-refractivity contribution in [3.8, 4) is 0 Å². The number of rotatable bonds is 15. The number of hydrogen-bond donors (Lipinski definition) is 1. The van der Waals surface area contributed by atoms with Crippen LogP contribution in [0.15, 0.2) is 12.2 Å². The van der Waals surface area contributed by atoms with Crippen molar-refractivity contribution in [1.82, 2.24) is 0 Å². The number of aliphatic hydroxyl groups excluding tert-OH is 1. The predicted molar refractivity (Wildman–Crippen MR) is 91.6 cm³/mol. The summed E-state index contributed by atoms with van der Waals surface area (Å²) in [5.41, 5.74) is 0. The summed E-state index contributed by atoms with van der Waals surface area (Å²) in [5.74, 6) is 0.809. The van der Waals surface area contributed by atoms with Gasteiger partial charge in [0.25, 0.3) is 0 Å². The van der Waals surface area contributed by atoms with E-state index in [1.54, 1.807) is 0 Å². The van der Waals surface area contributed by atoms with Crippen LogP contribution in [0.25, 0.3) is 0 Å². The molecule has 0 rings (SSSR count). The summed E-state index contributed by atoms with van der Waals surface area (Å²) in [4.78, 5) is 0. The van der Waals surface area contributed by atoms with Crippen LogP contribution in [0.3, 0.4) is 0 Å². The summed E-state index contributed by atoms with van der Waals surface area (Å²) in [6.45, 7) is 2.22. The van der Waals surface area contributed by atoms with E-state index < -0.39 is 0 Å². The largest absolute Gasteiger partial charge is 0.393 e. The molecule has 0 bridgehead atoms. The third-order valence-corrected chi connectivity index (χ3v) is 3.99. The minimum Gasteiger partial charge on any atom is -0.393 e. The van der Waals surface area contributed by atoms with Crippen molar-refractivity contribution in [2.75, 3.05) is 5.88 Å². The van der Waals surface area contributed by atoms with E-state index in [4.69, 9.17) is 11.6 Å². The van der Waals surface area contributed by atoms with Crippen molar-refractivity contribution in [1.29, 1.82) is 0 Å². The Kier molecular flexibility index (Phi) is 17.0. The number of unbranched alkanes of at least 4 members (excludes halogenated alkanes) is 9. The van der Waals surface area contributed by atoms with Gasteiger partial charge < -0.3 is 5.11 Å². The van der Waals surface area contributed by atoms with Gasteiger partial charge in [-0.15, -0.1) is 11.6 Å². The number of hydrogen-bond acceptors (Lipinski definition) is 1. The lowest BCUT2D eigenvalue weighted by molar-refractivity contribution is 0.163. The quantitative estimate of drug-likeness (QED) is 0.216. The topological polar surface area (TPSA) is 20.2 Å². The van der Waals surface area contributed by atoms with Gasteiger partial charge in [-0.1, -0.05) is 70.4 Å². The van der Waals surface area contributed by atoms with Crippen LogP contribution in [0.2, 0.25) is 0 Å². The monoisotopic (exact) mass is 302 g/mol. The minimum absolute atomic E-state index is 0.126. The van der Waals surface area contributed by atoms with Crippen molar-refractivity contribution in [3.05, 3.63) is 12.2 Å². The second-order valence-corrected chi connectivity index (χ2v) is 6.19. The molecule has 0 unspecified atom stereocenters. The Bertz CT molecular complexity index is 204. The summed E-state index contributed by atoms with van der Waals surface area (Å²) >= 11 is 5.64. The Morgan fingerprint density at radius 3 is 2.20 bits per heavy atom. The molecule has 0 fully saturated rings. The predicted octanol–water partition coefficient (Wildman–Crippen LogP) is 6.23. The third kappa shape index (κ3) is 16.0. The second kappa shape index (κ2) is 17.0. The molecule has 1 atom stereocenters. The zero-order chi connectivity index (χ0) is 14.9. The van der Waals surface area contributed by atoms with Gasteiger partial charge in [0, 0.05) is 5.88 Å². The molecule has 0 saturated heterocycles. The van der Waals surface area contributed by atoms with Gasteiger partial charge in [-0.2, -0.15) is 0 Å². The molecule has 1 nitrogen and oxygen atoms in total. The molecule has 120 valence electrons. The van der Waals surface area contributed by atoms with Gasteiger partial charge in [0.2, 0.25) is 0 Å². The van der Waals surface area contributed by atoms with Crippen LogP contribution >= 0.6 is 11.6 Å². The lowest BCUT2D eigenvalue weighted by Gasteiger charge is -2.07. The molecular weight excluding hydrogens is 268 g/mol.